The van der Waals surface area contributed by atoms with Crippen LogP contribution in [0.4, 0.5) is 5.82 Å². The summed E-state index contributed by atoms with van der Waals surface area (Å²) in [7, 11) is 0. The predicted molar refractivity (Wildman–Crippen MR) is 145 cm³/mol. The van der Waals surface area contributed by atoms with Crippen molar-refractivity contribution < 1.29 is 4.79 Å². The van der Waals surface area contributed by atoms with Crippen molar-refractivity contribution in [2.45, 2.75) is 79.8 Å². The van der Waals surface area contributed by atoms with E-state index in [4.69, 9.17) is 12.2 Å². The Hall–Kier alpha value is -2.11. The first-order valence-corrected chi connectivity index (χ1v) is 13.6. The molecule has 0 aromatic carbocycles. The van der Waals surface area contributed by atoms with Crippen molar-refractivity contribution in [2.75, 3.05) is 18.0 Å². The highest BCUT2D eigenvalue weighted by Crippen LogP contribution is 2.38. The molecule has 3 heterocycles. The number of hydrogen-bond acceptors (Lipinski definition) is 6. The number of carbonyl (C=O) groups excluding carboxylic acids is 1. The Balaban J connectivity index is 2.26. The largest absolute Gasteiger partial charge is 0.357 e. The van der Waals surface area contributed by atoms with Crippen LogP contribution >= 0.6 is 24.0 Å². The van der Waals surface area contributed by atoms with Crippen molar-refractivity contribution in [2.24, 2.45) is 11.8 Å². The quantitative estimate of drug-likeness (QED) is 0.373. The Morgan fingerprint density at radius 3 is 2.44 bits per heavy atom. The highest BCUT2D eigenvalue weighted by molar-refractivity contribution is 8.26. The molecular formula is C26H36N4O2S2. The Bertz CT molecular complexity index is 1090. The first-order chi connectivity index (χ1) is 16.1. The molecule has 0 aliphatic carbocycles. The smallest absolute Gasteiger partial charge is 0.270 e. The van der Waals surface area contributed by atoms with Gasteiger partial charge in [0, 0.05) is 31.2 Å². The molecule has 34 heavy (non-hydrogen) atoms. The lowest BCUT2D eigenvalue weighted by atomic mass is 9.91. The maximum Gasteiger partial charge on any atom is 0.270 e. The van der Waals surface area contributed by atoms with Gasteiger partial charge < -0.3 is 4.90 Å². The van der Waals surface area contributed by atoms with Crippen LogP contribution < -0.4 is 10.5 Å². The van der Waals surface area contributed by atoms with Crippen LogP contribution in [-0.2, 0) is 11.3 Å². The van der Waals surface area contributed by atoms with Crippen molar-refractivity contribution in [1.29, 1.82) is 5.26 Å². The second-order valence-electron chi connectivity index (χ2n) is 9.82. The van der Waals surface area contributed by atoms with Crippen molar-refractivity contribution in [1.82, 2.24) is 9.47 Å². The molecule has 0 N–H and O–H groups in total. The summed E-state index contributed by atoms with van der Waals surface area (Å²) in [5, 5.41) is 9.86. The molecule has 3 atom stereocenters. The standard InChI is InChI=1S/C26H36N4O2S2/c1-7-9-10-29-23(28-14-16(3)11-17(4)15-28)20(19(6)21(13-27)24(29)31)12-22-25(32)30(18(5)8-2)26(33)34-22/h12,16-18H,7-11,14-15H2,1-6H3. The van der Waals surface area contributed by atoms with Crippen molar-refractivity contribution >= 4 is 46.1 Å². The second kappa shape index (κ2) is 11.1. The maximum atomic E-state index is 13.4. The zero-order valence-electron chi connectivity index (χ0n) is 21.2. The molecule has 1 aromatic heterocycles. The fraction of sp³-hybridized carbons (Fsp3) is 0.615. The van der Waals surface area contributed by atoms with E-state index in [-0.39, 0.29) is 23.1 Å². The van der Waals surface area contributed by atoms with Crippen LogP contribution in [0.3, 0.4) is 0 Å². The maximum absolute atomic E-state index is 13.4. The van der Waals surface area contributed by atoms with Gasteiger partial charge in [-0.2, -0.15) is 5.26 Å². The second-order valence-corrected chi connectivity index (χ2v) is 11.5. The number of pyridine rings is 1. The van der Waals surface area contributed by atoms with Gasteiger partial charge in [-0.3, -0.25) is 19.1 Å². The number of thiocarbonyl (C=S) groups is 1. The highest BCUT2D eigenvalue weighted by atomic mass is 32.2. The molecule has 2 aliphatic rings. The van der Waals surface area contributed by atoms with E-state index >= 15 is 0 Å². The van der Waals surface area contributed by atoms with E-state index in [0.717, 1.165) is 50.2 Å². The zero-order valence-corrected chi connectivity index (χ0v) is 22.8. The molecule has 1 amide bonds. The third kappa shape index (κ3) is 5.11. The summed E-state index contributed by atoms with van der Waals surface area (Å²) in [5.74, 6) is 1.72. The minimum Gasteiger partial charge on any atom is -0.357 e. The Morgan fingerprint density at radius 1 is 1.24 bits per heavy atom. The number of piperidine rings is 1. The summed E-state index contributed by atoms with van der Waals surface area (Å²) in [5.41, 5.74) is 1.34. The van der Waals surface area contributed by atoms with Crippen LogP contribution in [0.1, 0.15) is 77.0 Å². The molecule has 2 fully saturated rings. The minimum absolute atomic E-state index is 0.0240. The van der Waals surface area contributed by atoms with E-state index in [1.807, 2.05) is 26.8 Å². The lowest BCUT2D eigenvalue weighted by Gasteiger charge is -2.39. The fourth-order valence-corrected chi connectivity index (χ4v) is 6.46. The van der Waals surface area contributed by atoms with Crippen LogP contribution in [-0.4, -0.2) is 38.8 Å². The van der Waals surface area contributed by atoms with Crippen LogP contribution in [0.2, 0.25) is 0 Å². The molecular weight excluding hydrogens is 464 g/mol. The molecule has 0 saturated carbocycles. The minimum atomic E-state index is -0.237. The number of hydrogen-bond donors (Lipinski definition) is 0. The number of amides is 1. The summed E-state index contributed by atoms with van der Waals surface area (Å²) < 4.78 is 2.34. The number of carbonyl (C=O) groups is 1. The van der Waals surface area contributed by atoms with E-state index in [1.165, 1.54) is 11.8 Å². The van der Waals surface area contributed by atoms with Gasteiger partial charge in [-0.05, 0) is 56.6 Å². The summed E-state index contributed by atoms with van der Waals surface area (Å²) in [6.07, 6.45) is 5.62. The summed E-state index contributed by atoms with van der Waals surface area (Å²) in [4.78, 5) is 31.3. The Labute approximate surface area is 213 Å². The van der Waals surface area contributed by atoms with E-state index < -0.39 is 0 Å². The molecule has 8 heteroatoms. The molecule has 2 saturated heterocycles. The van der Waals surface area contributed by atoms with Crippen LogP contribution in [0.25, 0.3) is 6.08 Å². The zero-order chi connectivity index (χ0) is 25.2. The number of nitriles is 1. The predicted octanol–water partition coefficient (Wildman–Crippen LogP) is 5.31. The molecule has 0 bridgehead atoms. The van der Waals surface area contributed by atoms with Crippen molar-refractivity contribution in [3.8, 4) is 6.07 Å². The number of rotatable bonds is 7. The van der Waals surface area contributed by atoms with Crippen molar-refractivity contribution in [3.05, 3.63) is 31.9 Å². The highest BCUT2D eigenvalue weighted by Gasteiger charge is 2.36. The SMILES string of the molecule is CCCCn1c(N2CC(C)CC(C)C2)c(C=C2SC(=S)N(C(C)CC)C2=O)c(C)c(C#N)c1=O. The van der Waals surface area contributed by atoms with Gasteiger partial charge >= 0.3 is 0 Å². The fourth-order valence-electron chi connectivity index (χ4n) is 5.02. The summed E-state index contributed by atoms with van der Waals surface area (Å²) in [6.45, 7) is 14.7. The molecule has 1 aromatic rings. The average Bonchev–Trinajstić information content (AvgIpc) is 3.06. The van der Waals surface area contributed by atoms with Gasteiger partial charge in [-0.1, -0.05) is 58.1 Å². The molecule has 0 radical (unpaired) electrons. The first-order valence-electron chi connectivity index (χ1n) is 12.3. The number of aromatic nitrogens is 1. The number of nitrogens with zero attached hydrogens (tertiary/aromatic N) is 4. The number of anilines is 1. The molecule has 0 spiro atoms. The Morgan fingerprint density at radius 2 is 1.88 bits per heavy atom. The number of thioether (sulfide) groups is 1. The van der Waals surface area contributed by atoms with Crippen LogP contribution in [0.15, 0.2) is 9.70 Å². The van der Waals surface area contributed by atoms with Gasteiger partial charge in [0.15, 0.2) is 0 Å². The average molecular weight is 501 g/mol. The lowest BCUT2D eigenvalue weighted by Crippen LogP contribution is -2.43. The molecule has 6 nitrogen and oxygen atoms in total. The van der Waals surface area contributed by atoms with Gasteiger partial charge in [0.05, 0.1) is 4.91 Å². The van der Waals surface area contributed by atoms with E-state index in [9.17, 15) is 14.9 Å². The van der Waals surface area contributed by atoms with Gasteiger partial charge in [-0.15, -0.1) is 0 Å². The molecule has 2 aliphatic heterocycles. The van der Waals surface area contributed by atoms with E-state index in [1.54, 1.807) is 9.47 Å². The lowest BCUT2D eigenvalue weighted by molar-refractivity contribution is -0.123. The first kappa shape index (κ1) is 26.5. The van der Waals surface area contributed by atoms with E-state index in [2.05, 4.69) is 31.7 Å². The van der Waals surface area contributed by atoms with Gasteiger partial charge in [0.25, 0.3) is 11.5 Å². The third-order valence-electron chi connectivity index (χ3n) is 6.88. The summed E-state index contributed by atoms with van der Waals surface area (Å²) >= 11 is 6.84. The van der Waals surface area contributed by atoms with Gasteiger partial charge in [0.2, 0.25) is 0 Å². The molecule has 3 unspecified atom stereocenters. The topological polar surface area (TPSA) is 69.3 Å². The van der Waals surface area contributed by atoms with E-state index in [0.29, 0.717) is 33.2 Å². The van der Waals surface area contributed by atoms with Gasteiger partial charge in [-0.25, -0.2) is 0 Å². The monoisotopic (exact) mass is 500 g/mol. The Kier molecular flexibility index (Phi) is 8.64. The number of unbranched alkanes of at least 4 members (excludes halogenated alkanes) is 1. The summed E-state index contributed by atoms with van der Waals surface area (Å²) in [6, 6.07) is 2.16. The van der Waals surface area contributed by atoms with Gasteiger partial charge in [0.1, 0.15) is 21.8 Å². The molecule has 3 rings (SSSR count). The van der Waals surface area contributed by atoms with Crippen molar-refractivity contribution in [3.63, 3.8) is 0 Å². The van der Waals surface area contributed by atoms with Crippen LogP contribution in [0.5, 0.6) is 0 Å². The normalized spacial score (nSPS) is 23.0. The molecule has 184 valence electrons. The third-order valence-corrected chi connectivity index (χ3v) is 8.21. The van der Waals surface area contributed by atoms with Crippen LogP contribution in [0, 0.1) is 30.1 Å².